The number of aromatic nitrogens is 2. The number of ether oxygens (including phenoxy) is 3. The van der Waals surface area contributed by atoms with Crippen LogP contribution in [0.5, 0.6) is 5.75 Å². The van der Waals surface area contributed by atoms with Gasteiger partial charge in [0.2, 0.25) is 0 Å². The van der Waals surface area contributed by atoms with Crippen molar-refractivity contribution in [2.45, 2.75) is 111 Å². The van der Waals surface area contributed by atoms with E-state index in [2.05, 4.69) is 18.7 Å². The van der Waals surface area contributed by atoms with E-state index in [0.717, 1.165) is 71.5 Å². The van der Waals surface area contributed by atoms with Crippen LogP contribution in [0.15, 0.2) is 42.6 Å². The molecule has 3 aliphatic rings. The standard InChI is InChI=1S/C40H50FN3O5/c1-24-20-33-30(22-31(24)41)28-13-11-14-29(21-28)32-23-44-36(42-32)27(4)26(3)34(35(38(45)46)49-39(5,6)7)37(44)43-17-15-40(8,16-18-43)47-19-10-9-12-25(2)48-33/h11,13-14,20-23,25,35H,9-10,12,15-19H2,1-8H3,(H,45,46)/t25-,35-/m0/s1. The Labute approximate surface area is 289 Å². The molecule has 6 bridgehead atoms. The van der Waals surface area contributed by atoms with E-state index < -0.39 is 17.7 Å². The number of aliphatic carboxylic acids is 1. The molecule has 2 aromatic carbocycles. The average molecular weight is 672 g/mol. The highest BCUT2D eigenvalue weighted by molar-refractivity contribution is 5.82. The number of imidazole rings is 1. The van der Waals surface area contributed by atoms with E-state index in [1.54, 1.807) is 19.1 Å². The number of rotatable bonds is 3. The fourth-order valence-corrected chi connectivity index (χ4v) is 7.12. The van der Waals surface area contributed by atoms with Gasteiger partial charge in [-0.2, -0.15) is 0 Å². The normalized spacial score (nSPS) is 21.0. The Hall–Kier alpha value is -3.95. The fraction of sp³-hybridized carbons (Fsp3) is 0.500. The Kier molecular flexibility index (Phi) is 9.54. The number of anilines is 1. The molecule has 1 fully saturated rings. The summed E-state index contributed by atoms with van der Waals surface area (Å²) in [6.45, 7) is 17.6. The van der Waals surface area contributed by atoms with E-state index in [1.807, 2.05) is 69.5 Å². The van der Waals surface area contributed by atoms with Crippen LogP contribution in [0.4, 0.5) is 10.2 Å². The summed E-state index contributed by atoms with van der Waals surface area (Å²) in [7, 11) is 0. The van der Waals surface area contributed by atoms with Crippen LogP contribution in [0.1, 0.15) is 95.1 Å². The van der Waals surface area contributed by atoms with Gasteiger partial charge in [-0.15, -0.1) is 0 Å². The minimum absolute atomic E-state index is 0.0506. The third-order valence-electron chi connectivity index (χ3n) is 10.1. The second-order valence-corrected chi connectivity index (χ2v) is 15.1. The summed E-state index contributed by atoms with van der Waals surface area (Å²) in [6, 6.07) is 11.3. The molecule has 0 saturated carbocycles. The van der Waals surface area contributed by atoms with Crippen molar-refractivity contribution in [3.05, 3.63) is 70.7 Å². The lowest BCUT2D eigenvalue weighted by Gasteiger charge is -2.42. The first-order valence-electron chi connectivity index (χ1n) is 17.5. The van der Waals surface area contributed by atoms with Gasteiger partial charge in [-0.25, -0.2) is 14.2 Å². The average Bonchev–Trinajstić information content (AvgIpc) is 3.48. The van der Waals surface area contributed by atoms with Gasteiger partial charge in [0.25, 0.3) is 0 Å². The summed E-state index contributed by atoms with van der Waals surface area (Å²) in [5.41, 5.74) is 5.80. The van der Waals surface area contributed by atoms with E-state index in [0.29, 0.717) is 42.1 Å². The highest BCUT2D eigenvalue weighted by Crippen LogP contribution is 2.42. The van der Waals surface area contributed by atoms with E-state index in [9.17, 15) is 9.90 Å². The Morgan fingerprint density at radius 3 is 2.49 bits per heavy atom. The second-order valence-electron chi connectivity index (χ2n) is 15.1. The maximum atomic E-state index is 15.1. The summed E-state index contributed by atoms with van der Waals surface area (Å²) in [4.78, 5) is 20.4. The molecule has 4 aromatic rings. The minimum Gasteiger partial charge on any atom is -0.490 e. The van der Waals surface area contributed by atoms with Gasteiger partial charge in [0.05, 0.1) is 23.0 Å². The first kappa shape index (κ1) is 34.9. The molecule has 3 aliphatic heterocycles. The van der Waals surface area contributed by atoms with Crippen molar-refractivity contribution < 1.29 is 28.5 Å². The van der Waals surface area contributed by atoms with Crippen LogP contribution in [-0.4, -0.2) is 57.5 Å². The molecule has 5 heterocycles. The molecule has 8 nitrogen and oxygen atoms in total. The number of halogens is 1. The molecule has 262 valence electrons. The lowest BCUT2D eigenvalue weighted by atomic mass is 9.92. The van der Waals surface area contributed by atoms with E-state index >= 15 is 4.39 Å². The fourth-order valence-electron chi connectivity index (χ4n) is 7.12. The Balaban J connectivity index is 1.57. The maximum absolute atomic E-state index is 15.1. The van der Waals surface area contributed by atoms with Gasteiger partial charge in [-0.05, 0) is 128 Å². The first-order valence-corrected chi connectivity index (χ1v) is 17.5. The van der Waals surface area contributed by atoms with Crippen LogP contribution in [0.25, 0.3) is 28.0 Å². The monoisotopic (exact) mass is 671 g/mol. The van der Waals surface area contributed by atoms with Crippen molar-refractivity contribution in [3.8, 4) is 28.1 Å². The first-order chi connectivity index (χ1) is 23.1. The summed E-state index contributed by atoms with van der Waals surface area (Å²) >= 11 is 0. The third kappa shape index (κ3) is 7.19. The molecule has 0 amide bonds. The molecule has 9 heteroatoms. The van der Waals surface area contributed by atoms with Crippen molar-refractivity contribution in [2.24, 2.45) is 0 Å². The van der Waals surface area contributed by atoms with Crippen molar-refractivity contribution >= 4 is 17.4 Å². The molecule has 0 unspecified atom stereocenters. The number of carbonyl (C=O) groups is 1. The molecule has 49 heavy (non-hydrogen) atoms. The molecule has 7 rings (SSSR count). The van der Waals surface area contributed by atoms with Crippen LogP contribution >= 0.6 is 0 Å². The van der Waals surface area contributed by atoms with Crippen molar-refractivity contribution in [1.29, 1.82) is 0 Å². The van der Waals surface area contributed by atoms with Gasteiger partial charge < -0.3 is 24.2 Å². The van der Waals surface area contributed by atoms with Gasteiger partial charge in [0.15, 0.2) is 6.10 Å². The molecule has 2 aromatic heterocycles. The number of piperidine rings is 1. The number of hydrogen-bond donors (Lipinski definition) is 1. The largest absolute Gasteiger partial charge is 0.490 e. The smallest absolute Gasteiger partial charge is 0.337 e. The lowest BCUT2D eigenvalue weighted by Crippen LogP contribution is -2.45. The van der Waals surface area contributed by atoms with E-state index in [1.165, 1.54) is 0 Å². The van der Waals surface area contributed by atoms with Crippen LogP contribution in [-0.2, 0) is 14.3 Å². The van der Waals surface area contributed by atoms with E-state index in [4.69, 9.17) is 19.2 Å². The highest BCUT2D eigenvalue weighted by Gasteiger charge is 2.38. The van der Waals surface area contributed by atoms with Gasteiger partial charge in [0.1, 0.15) is 23.0 Å². The summed E-state index contributed by atoms with van der Waals surface area (Å²) in [5.74, 6) is 0.117. The number of aryl methyl sites for hydroxylation is 2. The van der Waals surface area contributed by atoms with Crippen molar-refractivity contribution in [1.82, 2.24) is 9.38 Å². The lowest BCUT2D eigenvalue weighted by molar-refractivity contribution is -0.160. The summed E-state index contributed by atoms with van der Waals surface area (Å²) in [5, 5.41) is 10.6. The van der Waals surface area contributed by atoms with Gasteiger partial charge >= 0.3 is 5.97 Å². The zero-order valence-corrected chi connectivity index (χ0v) is 30.2. The molecule has 2 atom stereocenters. The zero-order chi connectivity index (χ0) is 35.2. The van der Waals surface area contributed by atoms with Crippen LogP contribution in [0, 0.1) is 26.6 Å². The number of carboxylic acids is 1. The topological polar surface area (TPSA) is 85.5 Å². The third-order valence-corrected chi connectivity index (χ3v) is 10.1. The Morgan fingerprint density at radius 2 is 1.80 bits per heavy atom. The molecule has 0 spiro atoms. The molecular weight excluding hydrogens is 621 g/mol. The minimum atomic E-state index is -1.18. The van der Waals surface area contributed by atoms with Crippen molar-refractivity contribution in [3.63, 3.8) is 0 Å². The number of fused-ring (bicyclic) bond motifs is 8. The number of pyridine rings is 1. The van der Waals surface area contributed by atoms with Gasteiger partial charge in [0, 0.05) is 42.6 Å². The Morgan fingerprint density at radius 1 is 1.08 bits per heavy atom. The molecular formula is C40H50FN3O5. The number of hydrogen-bond acceptors (Lipinski definition) is 6. The summed E-state index contributed by atoms with van der Waals surface area (Å²) in [6.07, 6.45) is 5.08. The maximum Gasteiger partial charge on any atom is 0.337 e. The van der Waals surface area contributed by atoms with Crippen LogP contribution < -0.4 is 9.64 Å². The zero-order valence-electron chi connectivity index (χ0n) is 30.2. The number of benzene rings is 2. The number of nitrogens with zero attached hydrogens (tertiary/aromatic N) is 3. The predicted molar refractivity (Wildman–Crippen MR) is 191 cm³/mol. The van der Waals surface area contributed by atoms with Crippen molar-refractivity contribution in [2.75, 3.05) is 24.6 Å². The van der Waals surface area contributed by atoms with Crippen LogP contribution in [0.2, 0.25) is 0 Å². The van der Waals surface area contributed by atoms with Gasteiger partial charge in [-0.3, -0.25) is 4.40 Å². The summed E-state index contributed by atoms with van der Waals surface area (Å²) < 4.78 is 36.4. The SMILES string of the molecule is Cc1cc2c(cc1F)-c1cccc(c1)-c1cn3c(c([C@H](OC(C)(C)C)C(=O)O)c(C)c(C)c3n1)N1CCC(C)(CC1)OCCCC[C@H](C)O2. The molecule has 0 radical (unpaired) electrons. The predicted octanol–water partition coefficient (Wildman–Crippen LogP) is 9.00. The quantitative estimate of drug-likeness (QED) is 0.233. The Bertz CT molecular complexity index is 1870. The second kappa shape index (κ2) is 13.4. The molecule has 1 saturated heterocycles. The molecule has 1 N–H and O–H groups in total. The van der Waals surface area contributed by atoms with Crippen LogP contribution in [0.3, 0.4) is 0 Å². The number of carboxylic acid groups (broad SMARTS) is 1. The highest BCUT2D eigenvalue weighted by atomic mass is 19.1. The molecule has 0 aliphatic carbocycles. The van der Waals surface area contributed by atoms with E-state index in [-0.39, 0.29) is 17.5 Å². The van der Waals surface area contributed by atoms with Gasteiger partial charge in [-0.1, -0.05) is 18.2 Å².